The van der Waals surface area contributed by atoms with E-state index in [0.717, 1.165) is 16.7 Å². The number of hydrogen-bond acceptors (Lipinski definition) is 5. The molecule has 0 unspecified atom stereocenters. The fourth-order valence-electron chi connectivity index (χ4n) is 3.06. The van der Waals surface area contributed by atoms with Crippen molar-refractivity contribution in [2.45, 2.75) is 25.7 Å². The summed E-state index contributed by atoms with van der Waals surface area (Å²) in [6, 6.07) is 16.9. The van der Waals surface area contributed by atoms with Gasteiger partial charge in [-0.2, -0.15) is 13.7 Å². The second-order valence-electron chi connectivity index (χ2n) is 7.61. The summed E-state index contributed by atoms with van der Waals surface area (Å²) >= 11 is 6.64. The van der Waals surface area contributed by atoms with Crippen molar-refractivity contribution in [3.8, 4) is 11.8 Å². The lowest BCUT2D eigenvalue weighted by Gasteiger charge is -2.12. The monoisotopic (exact) mass is 602 g/mol. The number of rotatable bonds is 6. The van der Waals surface area contributed by atoms with Gasteiger partial charge in [-0.1, -0.05) is 35.4 Å². The van der Waals surface area contributed by atoms with Crippen LogP contribution in [0.4, 0.5) is 5.69 Å². The highest BCUT2D eigenvalue weighted by molar-refractivity contribution is 9.11. The first-order chi connectivity index (χ1) is 16.0. The molecule has 0 saturated carbocycles. The quantitative estimate of drug-likeness (QED) is 0.198. The summed E-state index contributed by atoms with van der Waals surface area (Å²) in [7, 11) is -4.06. The van der Waals surface area contributed by atoms with Crippen LogP contribution < -0.4 is 9.50 Å². The molecule has 0 aromatic heterocycles. The molecular formula is C25H20Br2N2O4S. The maximum atomic E-state index is 12.7. The molecule has 0 atom stereocenters. The largest absolute Gasteiger partial charge is 0.377 e. The molecule has 0 spiro atoms. The van der Waals surface area contributed by atoms with Gasteiger partial charge in [-0.3, -0.25) is 4.79 Å². The molecule has 3 rings (SSSR count). The van der Waals surface area contributed by atoms with E-state index in [1.807, 2.05) is 39.0 Å². The average molecular weight is 604 g/mol. The van der Waals surface area contributed by atoms with Gasteiger partial charge in [-0.05, 0) is 100 Å². The molecule has 34 heavy (non-hydrogen) atoms. The highest BCUT2D eigenvalue weighted by Gasteiger charge is 2.21. The van der Waals surface area contributed by atoms with Gasteiger partial charge in [0.15, 0.2) is 5.75 Å². The summed E-state index contributed by atoms with van der Waals surface area (Å²) in [6.45, 7) is 5.68. The third-order valence-corrected chi connectivity index (χ3v) is 7.24. The van der Waals surface area contributed by atoms with E-state index in [2.05, 4.69) is 37.2 Å². The Morgan fingerprint density at radius 1 is 0.971 bits per heavy atom. The lowest BCUT2D eigenvalue weighted by atomic mass is 10.1. The maximum Gasteiger partial charge on any atom is 0.339 e. The first-order valence-corrected chi connectivity index (χ1v) is 13.0. The van der Waals surface area contributed by atoms with Crippen molar-refractivity contribution < 1.29 is 17.4 Å². The fourth-order valence-corrected chi connectivity index (χ4v) is 5.63. The average Bonchev–Trinajstić information content (AvgIpc) is 2.76. The number of anilines is 1. The van der Waals surface area contributed by atoms with E-state index in [1.54, 1.807) is 30.3 Å². The Morgan fingerprint density at radius 3 is 2.12 bits per heavy atom. The highest BCUT2D eigenvalue weighted by atomic mass is 79.9. The third kappa shape index (κ3) is 6.14. The lowest BCUT2D eigenvalue weighted by Crippen LogP contribution is -2.14. The van der Waals surface area contributed by atoms with Gasteiger partial charge in [0, 0.05) is 5.69 Å². The van der Waals surface area contributed by atoms with Gasteiger partial charge in [0.05, 0.1) is 8.95 Å². The van der Waals surface area contributed by atoms with Crippen molar-refractivity contribution in [1.29, 1.82) is 5.26 Å². The number of aryl methyl sites for hydroxylation is 3. The van der Waals surface area contributed by atoms with Gasteiger partial charge in [0.25, 0.3) is 5.91 Å². The second kappa shape index (κ2) is 10.6. The van der Waals surface area contributed by atoms with Crippen molar-refractivity contribution >= 4 is 59.6 Å². The van der Waals surface area contributed by atoms with Crippen LogP contribution in [0.5, 0.6) is 5.75 Å². The number of carbonyl (C=O) groups is 1. The molecule has 0 bridgehead atoms. The summed E-state index contributed by atoms with van der Waals surface area (Å²) in [5.41, 5.74) is 3.86. The zero-order valence-corrected chi connectivity index (χ0v) is 22.5. The summed E-state index contributed by atoms with van der Waals surface area (Å²) in [4.78, 5) is 12.7. The van der Waals surface area contributed by atoms with Crippen LogP contribution in [0.1, 0.15) is 22.3 Å². The fraction of sp³-hybridized carbons (Fsp3) is 0.120. The van der Waals surface area contributed by atoms with Gasteiger partial charge < -0.3 is 9.50 Å². The number of benzene rings is 3. The maximum absolute atomic E-state index is 12.7. The number of carbonyl (C=O) groups excluding carboxylic acids is 1. The Kier molecular flexibility index (Phi) is 7.97. The molecule has 0 aliphatic carbocycles. The molecule has 0 heterocycles. The van der Waals surface area contributed by atoms with Gasteiger partial charge >= 0.3 is 10.1 Å². The second-order valence-corrected chi connectivity index (χ2v) is 10.9. The molecule has 9 heteroatoms. The van der Waals surface area contributed by atoms with Crippen molar-refractivity contribution in [1.82, 2.24) is 0 Å². The Morgan fingerprint density at radius 2 is 1.56 bits per heavy atom. The number of nitrogens with one attached hydrogen (secondary N) is 1. The van der Waals surface area contributed by atoms with Gasteiger partial charge in [-0.25, -0.2) is 0 Å². The molecule has 0 radical (unpaired) electrons. The molecule has 1 N–H and O–H groups in total. The van der Waals surface area contributed by atoms with E-state index in [4.69, 9.17) is 4.18 Å². The third-order valence-electron chi connectivity index (χ3n) is 4.83. The lowest BCUT2D eigenvalue weighted by molar-refractivity contribution is -0.112. The van der Waals surface area contributed by atoms with E-state index in [-0.39, 0.29) is 16.2 Å². The smallest absolute Gasteiger partial charge is 0.339 e. The molecule has 0 aliphatic heterocycles. The molecule has 3 aromatic carbocycles. The van der Waals surface area contributed by atoms with Crippen LogP contribution in [0.2, 0.25) is 0 Å². The Hall–Kier alpha value is -2.93. The van der Waals surface area contributed by atoms with Crippen LogP contribution >= 0.6 is 31.9 Å². The van der Waals surface area contributed by atoms with Crippen molar-refractivity contribution in [2.24, 2.45) is 0 Å². The number of amides is 1. The van der Waals surface area contributed by atoms with Crippen LogP contribution in [-0.2, 0) is 14.9 Å². The van der Waals surface area contributed by atoms with Gasteiger partial charge in [0.1, 0.15) is 16.5 Å². The van der Waals surface area contributed by atoms with E-state index in [9.17, 15) is 18.5 Å². The predicted octanol–water partition coefficient (Wildman–Crippen LogP) is 6.45. The normalized spacial score (nSPS) is 11.6. The molecule has 6 nitrogen and oxygen atoms in total. The number of nitrogens with zero attached hydrogens (tertiary/aromatic N) is 1. The minimum Gasteiger partial charge on any atom is -0.377 e. The van der Waals surface area contributed by atoms with Crippen molar-refractivity contribution in [3.63, 3.8) is 0 Å². The minimum atomic E-state index is -4.06. The van der Waals surface area contributed by atoms with E-state index < -0.39 is 16.0 Å². The minimum absolute atomic E-state index is 0.0238. The molecule has 1 amide bonds. The van der Waals surface area contributed by atoms with E-state index in [1.165, 1.54) is 18.2 Å². The topological polar surface area (TPSA) is 96.3 Å². The van der Waals surface area contributed by atoms with Crippen LogP contribution in [0.25, 0.3) is 6.08 Å². The van der Waals surface area contributed by atoms with Crippen molar-refractivity contribution in [3.05, 3.63) is 91.4 Å². The number of halogens is 2. The number of nitriles is 1. The standard InChI is InChI=1S/C25H20Br2N2O4S/c1-15-4-7-20(8-5-15)34(31,32)33-24-21(26)12-18(13-22(24)27)11-19(14-28)25(30)29-23-9-6-16(2)10-17(23)3/h4-13H,1-3H3,(H,29,30)/b19-11+. The molecule has 174 valence electrons. The predicted molar refractivity (Wildman–Crippen MR) is 139 cm³/mol. The SMILES string of the molecule is Cc1ccc(S(=O)(=O)Oc2c(Br)cc(/C=C(\C#N)C(=O)Nc3ccc(C)cc3C)cc2Br)cc1. The van der Waals surface area contributed by atoms with Gasteiger partial charge in [-0.15, -0.1) is 0 Å². The zero-order valence-electron chi connectivity index (χ0n) is 18.5. The zero-order chi connectivity index (χ0) is 25.0. The highest BCUT2D eigenvalue weighted by Crippen LogP contribution is 2.37. The first-order valence-electron chi connectivity index (χ1n) is 10.0. The molecule has 3 aromatic rings. The molecule has 0 aliphatic rings. The van der Waals surface area contributed by atoms with Crippen LogP contribution in [0.3, 0.4) is 0 Å². The van der Waals surface area contributed by atoms with E-state index >= 15 is 0 Å². The Balaban J connectivity index is 1.87. The van der Waals surface area contributed by atoms with Crippen LogP contribution in [-0.4, -0.2) is 14.3 Å². The molecule has 0 saturated heterocycles. The molecule has 0 fully saturated rings. The summed E-state index contributed by atoms with van der Waals surface area (Å²) < 4.78 is 31.3. The van der Waals surface area contributed by atoms with Gasteiger partial charge in [0.2, 0.25) is 0 Å². The van der Waals surface area contributed by atoms with E-state index in [0.29, 0.717) is 20.2 Å². The molecular weight excluding hydrogens is 584 g/mol. The Bertz CT molecular complexity index is 1420. The Labute approximate surface area is 215 Å². The van der Waals surface area contributed by atoms with Crippen molar-refractivity contribution in [2.75, 3.05) is 5.32 Å². The summed E-state index contributed by atoms with van der Waals surface area (Å²) in [5.74, 6) is -0.500. The van der Waals surface area contributed by atoms with Crippen LogP contribution in [0, 0.1) is 32.1 Å². The first kappa shape index (κ1) is 25.7. The summed E-state index contributed by atoms with van der Waals surface area (Å²) in [5, 5.41) is 12.3. The van der Waals surface area contributed by atoms with Crippen LogP contribution in [0.15, 0.2) is 74.0 Å². The summed E-state index contributed by atoms with van der Waals surface area (Å²) in [6.07, 6.45) is 1.41. The number of hydrogen-bond donors (Lipinski definition) is 1.